The topological polar surface area (TPSA) is 0 Å². The van der Waals surface area contributed by atoms with Gasteiger partial charge in [-0.1, -0.05) is 323 Å². The average molecular weight is 787 g/mol. The molecule has 0 spiro atoms. The summed E-state index contributed by atoms with van der Waals surface area (Å²) in [6, 6.07) is 0. The van der Waals surface area contributed by atoms with Gasteiger partial charge < -0.3 is 0 Å². The van der Waals surface area contributed by atoms with Gasteiger partial charge in [-0.25, -0.2) is 0 Å². The van der Waals surface area contributed by atoms with E-state index in [-0.39, 0.29) is 0 Å². The highest BCUT2D eigenvalue weighted by Crippen LogP contribution is 2.35. The van der Waals surface area contributed by atoms with E-state index in [1.807, 2.05) is 5.92 Å². The Morgan fingerprint density at radius 3 is 0.554 bits per heavy atom. The molecule has 0 bridgehead atoms. The first kappa shape index (κ1) is 56.0. The van der Waals surface area contributed by atoms with Gasteiger partial charge in [0.15, 0.2) is 0 Å². The molecule has 0 aromatic carbocycles. The Morgan fingerprint density at radius 1 is 0.196 bits per heavy atom. The maximum absolute atomic E-state index is 2.35. The van der Waals surface area contributed by atoms with E-state index in [4.69, 9.17) is 0 Å². The molecule has 0 N–H and O–H groups in total. The fraction of sp³-hybridized carbons (Fsp3) is 0.982. The fourth-order valence-electron chi connectivity index (χ4n) is 9.58. The van der Waals surface area contributed by atoms with Crippen LogP contribution in [0.5, 0.6) is 0 Å². The predicted octanol–water partition coefficient (Wildman–Crippen LogP) is 21.8. The molecule has 0 saturated heterocycles. The van der Waals surface area contributed by atoms with Crippen LogP contribution in [0.4, 0.5) is 0 Å². The average Bonchev–Trinajstić information content (AvgIpc) is 3.21. The first-order valence-electron chi connectivity index (χ1n) is 27.6. The Kier molecular flexibility index (Phi) is 51.1. The zero-order valence-electron chi connectivity index (χ0n) is 40.4. The van der Waals surface area contributed by atoms with Crippen molar-refractivity contribution in [2.45, 2.75) is 349 Å². The van der Waals surface area contributed by atoms with Crippen molar-refractivity contribution in [3.05, 3.63) is 5.92 Å². The lowest BCUT2D eigenvalue weighted by atomic mass is 9.78. The summed E-state index contributed by atoms with van der Waals surface area (Å²) in [6.07, 6.45) is 73.7. The SMILES string of the molecule is CCCCCCCCCCCCCCCC[C](CCCCCCCCCC)C(CCCCCCCCCCCC)CCCCCCCCCCCCCCCC. The highest BCUT2D eigenvalue weighted by atomic mass is 14.3. The molecule has 0 amide bonds. The summed E-state index contributed by atoms with van der Waals surface area (Å²) in [4.78, 5) is 0. The van der Waals surface area contributed by atoms with E-state index in [0.29, 0.717) is 0 Å². The van der Waals surface area contributed by atoms with Crippen molar-refractivity contribution in [3.8, 4) is 0 Å². The number of hydrogen-bond acceptors (Lipinski definition) is 0. The van der Waals surface area contributed by atoms with Gasteiger partial charge in [0.1, 0.15) is 0 Å². The van der Waals surface area contributed by atoms with Crippen molar-refractivity contribution in [3.63, 3.8) is 0 Å². The number of hydrogen-bond donors (Lipinski definition) is 0. The lowest BCUT2D eigenvalue weighted by Crippen LogP contribution is -2.14. The molecule has 0 aromatic rings. The van der Waals surface area contributed by atoms with E-state index < -0.39 is 0 Å². The maximum Gasteiger partial charge on any atom is -0.0210 e. The van der Waals surface area contributed by atoms with Gasteiger partial charge in [-0.2, -0.15) is 0 Å². The van der Waals surface area contributed by atoms with Gasteiger partial charge in [0.25, 0.3) is 0 Å². The van der Waals surface area contributed by atoms with Crippen molar-refractivity contribution in [1.29, 1.82) is 0 Å². The molecule has 1 atom stereocenters. The normalized spacial score (nSPS) is 12.4. The van der Waals surface area contributed by atoms with E-state index in [1.165, 1.54) is 321 Å². The molecule has 0 heteroatoms. The zero-order chi connectivity index (χ0) is 40.5. The molecule has 1 radical (unpaired) electrons. The second-order valence-corrected chi connectivity index (χ2v) is 19.3. The van der Waals surface area contributed by atoms with Crippen LogP contribution in [0, 0.1) is 11.8 Å². The molecule has 0 rings (SSSR count). The first-order chi connectivity index (χ1) is 27.8. The second kappa shape index (κ2) is 51.1. The van der Waals surface area contributed by atoms with Crippen LogP contribution in [0.3, 0.4) is 0 Å². The van der Waals surface area contributed by atoms with E-state index in [1.54, 1.807) is 0 Å². The van der Waals surface area contributed by atoms with E-state index >= 15 is 0 Å². The molecule has 0 aliphatic heterocycles. The summed E-state index contributed by atoms with van der Waals surface area (Å²) in [5.41, 5.74) is 0. The Hall–Kier alpha value is 0. The summed E-state index contributed by atoms with van der Waals surface area (Å²) >= 11 is 0. The van der Waals surface area contributed by atoms with Crippen molar-refractivity contribution >= 4 is 0 Å². The largest absolute Gasteiger partial charge is 0.0654 e. The van der Waals surface area contributed by atoms with Crippen LogP contribution in [0.25, 0.3) is 0 Å². The summed E-state index contributed by atoms with van der Waals surface area (Å²) < 4.78 is 0. The van der Waals surface area contributed by atoms with Crippen molar-refractivity contribution in [2.75, 3.05) is 0 Å². The zero-order valence-corrected chi connectivity index (χ0v) is 40.4. The molecule has 0 heterocycles. The monoisotopic (exact) mass is 786 g/mol. The van der Waals surface area contributed by atoms with Crippen molar-refractivity contribution in [2.24, 2.45) is 5.92 Å². The Morgan fingerprint density at radius 2 is 0.357 bits per heavy atom. The van der Waals surface area contributed by atoms with Gasteiger partial charge in [-0.3, -0.25) is 0 Å². The molecule has 0 nitrogen and oxygen atoms in total. The quantitative estimate of drug-likeness (QED) is 0.0539. The third kappa shape index (κ3) is 45.1. The van der Waals surface area contributed by atoms with E-state index in [9.17, 15) is 0 Å². The minimum absolute atomic E-state index is 0.938. The highest BCUT2D eigenvalue weighted by molar-refractivity contribution is 4.96. The minimum atomic E-state index is 0.938. The van der Waals surface area contributed by atoms with Gasteiger partial charge in [0, 0.05) is 0 Å². The second-order valence-electron chi connectivity index (χ2n) is 19.3. The number of unbranched alkanes of at least 4 members (excludes halogenated alkanes) is 42. The van der Waals surface area contributed by atoms with E-state index in [2.05, 4.69) is 27.7 Å². The van der Waals surface area contributed by atoms with Crippen LogP contribution in [-0.2, 0) is 0 Å². The molecular weight excluding hydrogens is 673 g/mol. The summed E-state index contributed by atoms with van der Waals surface area (Å²) in [5, 5.41) is 0. The lowest BCUT2D eigenvalue weighted by molar-refractivity contribution is 0.370. The first-order valence-corrected chi connectivity index (χ1v) is 27.6. The standard InChI is InChI=1S/C56H113/c1-5-9-13-17-21-25-28-30-32-34-37-41-45-49-53-55(51-47-43-39-24-20-16-12-8-4)56(52-48-44-40-36-27-23-19-15-11-7-3)54-50-46-42-38-35-33-31-29-26-22-18-14-10-6-2/h56H,5-54H2,1-4H3. The molecular formula is C56H113. The van der Waals surface area contributed by atoms with Crippen LogP contribution < -0.4 is 0 Å². The Balaban J connectivity index is 4.74. The molecule has 0 aliphatic rings. The van der Waals surface area contributed by atoms with Gasteiger partial charge >= 0.3 is 0 Å². The van der Waals surface area contributed by atoms with Crippen molar-refractivity contribution < 1.29 is 0 Å². The Bertz CT molecular complexity index is 650. The minimum Gasteiger partial charge on any atom is -0.0654 e. The summed E-state index contributed by atoms with van der Waals surface area (Å²) in [5.74, 6) is 2.98. The Labute approximate surface area is 359 Å². The molecule has 1 unspecified atom stereocenters. The van der Waals surface area contributed by atoms with Crippen molar-refractivity contribution in [1.82, 2.24) is 0 Å². The summed E-state index contributed by atoms with van der Waals surface area (Å²) in [7, 11) is 0. The van der Waals surface area contributed by atoms with Crippen LogP contribution in [-0.4, -0.2) is 0 Å². The highest BCUT2D eigenvalue weighted by Gasteiger charge is 2.21. The predicted molar refractivity (Wildman–Crippen MR) is 260 cm³/mol. The van der Waals surface area contributed by atoms with Crippen LogP contribution in [0.1, 0.15) is 349 Å². The summed E-state index contributed by atoms with van der Waals surface area (Å²) in [6.45, 7) is 9.34. The third-order valence-electron chi connectivity index (χ3n) is 13.6. The fourth-order valence-corrected chi connectivity index (χ4v) is 9.58. The molecule has 0 aliphatic carbocycles. The molecule has 56 heavy (non-hydrogen) atoms. The van der Waals surface area contributed by atoms with Crippen LogP contribution >= 0.6 is 0 Å². The molecule has 0 fully saturated rings. The molecule has 337 valence electrons. The molecule has 0 aromatic heterocycles. The van der Waals surface area contributed by atoms with E-state index in [0.717, 1.165) is 5.92 Å². The maximum atomic E-state index is 2.35. The van der Waals surface area contributed by atoms with Gasteiger partial charge in [0.2, 0.25) is 0 Å². The van der Waals surface area contributed by atoms with Gasteiger partial charge in [-0.05, 0) is 37.5 Å². The third-order valence-corrected chi connectivity index (χ3v) is 13.6. The van der Waals surface area contributed by atoms with Crippen LogP contribution in [0.15, 0.2) is 0 Å². The van der Waals surface area contributed by atoms with Crippen LogP contribution in [0.2, 0.25) is 0 Å². The molecule has 0 saturated carbocycles. The lowest BCUT2D eigenvalue weighted by Gasteiger charge is -2.28. The van der Waals surface area contributed by atoms with Gasteiger partial charge in [0.05, 0.1) is 0 Å². The number of rotatable bonds is 51. The van der Waals surface area contributed by atoms with Gasteiger partial charge in [-0.15, -0.1) is 0 Å². The smallest absolute Gasteiger partial charge is 0.0210 e.